The first-order valence-electron chi connectivity index (χ1n) is 8.93. The van der Waals surface area contributed by atoms with Gasteiger partial charge in [-0.3, -0.25) is 4.90 Å². The van der Waals surface area contributed by atoms with Crippen molar-refractivity contribution in [2.75, 3.05) is 6.54 Å². The van der Waals surface area contributed by atoms with Gasteiger partial charge < -0.3 is 5.11 Å². The average Bonchev–Trinajstić information content (AvgIpc) is 3.15. The van der Waals surface area contributed by atoms with Gasteiger partial charge in [0.2, 0.25) is 0 Å². The molecule has 0 aliphatic heterocycles. The van der Waals surface area contributed by atoms with E-state index in [1.54, 1.807) is 18.2 Å². The van der Waals surface area contributed by atoms with Crippen molar-refractivity contribution in [1.82, 2.24) is 4.90 Å². The molecule has 1 fully saturated rings. The number of carbonyl (C=O) groups is 1. The van der Waals surface area contributed by atoms with Crippen molar-refractivity contribution in [2.45, 2.75) is 44.7 Å². The lowest BCUT2D eigenvalue weighted by molar-refractivity contribution is 0.0697. The molecule has 0 amide bonds. The van der Waals surface area contributed by atoms with E-state index in [9.17, 15) is 9.18 Å². The maximum Gasteiger partial charge on any atom is 0.335 e. The van der Waals surface area contributed by atoms with Crippen molar-refractivity contribution in [2.24, 2.45) is 0 Å². The van der Waals surface area contributed by atoms with Crippen LogP contribution in [0.2, 0.25) is 0 Å². The maximum absolute atomic E-state index is 13.9. The van der Waals surface area contributed by atoms with Crippen LogP contribution >= 0.6 is 0 Å². The minimum atomic E-state index is -0.904. The van der Waals surface area contributed by atoms with E-state index in [1.807, 2.05) is 24.3 Å². The van der Waals surface area contributed by atoms with E-state index in [1.165, 1.54) is 31.7 Å². The highest BCUT2D eigenvalue weighted by atomic mass is 19.1. The zero-order valence-corrected chi connectivity index (χ0v) is 14.3. The fraction of sp³-hybridized carbons (Fsp3) is 0.381. The van der Waals surface area contributed by atoms with Gasteiger partial charge in [0.15, 0.2) is 0 Å². The predicted molar refractivity (Wildman–Crippen MR) is 96.2 cm³/mol. The van der Waals surface area contributed by atoms with Crippen molar-refractivity contribution in [3.63, 3.8) is 0 Å². The van der Waals surface area contributed by atoms with E-state index < -0.39 is 5.97 Å². The van der Waals surface area contributed by atoms with Crippen molar-refractivity contribution in [3.05, 3.63) is 71.0 Å². The first-order chi connectivity index (χ1) is 12.1. The van der Waals surface area contributed by atoms with Gasteiger partial charge in [0.1, 0.15) is 5.82 Å². The lowest BCUT2D eigenvalue weighted by Crippen LogP contribution is -2.34. The summed E-state index contributed by atoms with van der Waals surface area (Å²) in [5.74, 6) is -1.04. The molecule has 2 aromatic rings. The van der Waals surface area contributed by atoms with Crippen LogP contribution < -0.4 is 0 Å². The standard InChI is InChI=1S/C21H24FNO2/c22-20-8-4-1-5-17(20)13-14-23(19-6-2-3-7-19)15-16-9-11-18(12-10-16)21(24)25/h1,4-5,8-12,19H,2-3,6-7,13-15H2,(H,24,25). The highest BCUT2D eigenvalue weighted by Gasteiger charge is 2.22. The van der Waals surface area contributed by atoms with E-state index in [0.717, 1.165) is 24.2 Å². The monoisotopic (exact) mass is 341 g/mol. The lowest BCUT2D eigenvalue weighted by Gasteiger charge is -2.29. The molecule has 132 valence electrons. The number of carboxylic acid groups (broad SMARTS) is 1. The number of benzene rings is 2. The number of nitrogens with zero attached hydrogens (tertiary/aromatic N) is 1. The fourth-order valence-corrected chi connectivity index (χ4v) is 3.61. The lowest BCUT2D eigenvalue weighted by atomic mass is 10.1. The largest absolute Gasteiger partial charge is 0.478 e. The Bertz CT molecular complexity index is 708. The van der Waals surface area contributed by atoms with Crippen LogP contribution in [0.3, 0.4) is 0 Å². The Morgan fingerprint density at radius 2 is 1.76 bits per heavy atom. The molecule has 0 atom stereocenters. The van der Waals surface area contributed by atoms with Crippen molar-refractivity contribution < 1.29 is 14.3 Å². The van der Waals surface area contributed by atoms with Crippen LogP contribution in [0.25, 0.3) is 0 Å². The van der Waals surface area contributed by atoms with Gasteiger partial charge in [-0.1, -0.05) is 43.2 Å². The molecule has 1 aliphatic rings. The van der Waals surface area contributed by atoms with Gasteiger partial charge in [-0.15, -0.1) is 0 Å². The average molecular weight is 341 g/mol. The predicted octanol–water partition coefficient (Wildman–Crippen LogP) is 4.51. The normalized spacial score (nSPS) is 15.0. The summed E-state index contributed by atoms with van der Waals surface area (Å²) in [7, 11) is 0. The third-order valence-electron chi connectivity index (χ3n) is 5.05. The number of aromatic carboxylic acids is 1. The number of hydrogen-bond donors (Lipinski definition) is 1. The molecule has 0 aromatic heterocycles. The second kappa shape index (κ2) is 8.26. The summed E-state index contributed by atoms with van der Waals surface area (Å²) in [6.45, 7) is 1.59. The van der Waals surface area contributed by atoms with E-state index >= 15 is 0 Å². The number of hydrogen-bond acceptors (Lipinski definition) is 2. The van der Waals surface area contributed by atoms with Crippen LogP contribution in [0.15, 0.2) is 48.5 Å². The van der Waals surface area contributed by atoms with Gasteiger partial charge in [0, 0.05) is 19.1 Å². The first-order valence-corrected chi connectivity index (χ1v) is 8.93. The summed E-state index contributed by atoms with van der Waals surface area (Å²) in [5.41, 5.74) is 2.17. The van der Waals surface area contributed by atoms with Crippen molar-refractivity contribution in [1.29, 1.82) is 0 Å². The highest BCUT2D eigenvalue weighted by molar-refractivity contribution is 5.87. The van der Waals surface area contributed by atoms with Crippen molar-refractivity contribution >= 4 is 5.97 Å². The van der Waals surface area contributed by atoms with Crippen LogP contribution in [-0.2, 0) is 13.0 Å². The Kier molecular flexibility index (Phi) is 5.82. The molecule has 0 spiro atoms. The van der Waals surface area contributed by atoms with E-state index in [2.05, 4.69) is 4.90 Å². The Labute approximate surface area is 148 Å². The van der Waals surface area contributed by atoms with Crippen LogP contribution in [0.1, 0.15) is 47.2 Å². The molecule has 1 saturated carbocycles. The Hall–Kier alpha value is -2.20. The summed E-state index contributed by atoms with van der Waals surface area (Å²) in [6.07, 6.45) is 5.56. The highest BCUT2D eigenvalue weighted by Crippen LogP contribution is 2.25. The van der Waals surface area contributed by atoms with Crippen molar-refractivity contribution in [3.8, 4) is 0 Å². The molecule has 0 radical (unpaired) electrons. The van der Waals surface area contributed by atoms with Crippen LogP contribution in [0.4, 0.5) is 4.39 Å². The molecule has 2 aromatic carbocycles. The zero-order valence-electron chi connectivity index (χ0n) is 14.3. The Morgan fingerprint density at radius 1 is 1.08 bits per heavy atom. The van der Waals surface area contributed by atoms with Gasteiger partial charge in [-0.25, -0.2) is 9.18 Å². The van der Waals surface area contributed by atoms with E-state index in [4.69, 9.17) is 5.11 Å². The van der Waals surface area contributed by atoms with Gasteiger partial charge >= 0.3 is 5.97 Å². The molecule has 3 nitrogen and oxygen atoms in total. The van der Waals surface area contributed by atoms with Crippen LogP contribution in [0, 0.1) is 5.82 Å². The summed E-state index contributed by atoms with van der Waals surface area (Å²) in [6, 6.07) is 14.6. The quantitative estimate of drug-likeness (QED) is 0.805. The van der Waals surface area contributed by atoms with Crippen LogP contribution in [-0.4, -0.2) is 28.6 Å². The van der Waals surface area contributed by atoms with Gasteiger partial charge in [-0.2, -0.15) is 0 Å². The smallest absolute Gasteiger partial charge is 0.335 e. The topological polar surface area (TPSA) is 40.5 Å². The number of rotatable bonds is 7. The van der Waals surface area contributed by atoms with Gasteiger partial charge in [0.05, 0.1) is 5.56 Å². The molecular formula is C21H24FNO2. The molecule has 0 heterocycles. The second-order valence-electron chi connectivity index (χ2n) is 6.75. The van der Waals surface area contributed by atoms with Crippen LogP contribution in [0.5, 0.6) is 0 Å². The molecule has 4 heteroatoms. The molecule has 0 bridgehead atoms. The first kappa shape index (κ1) is 17.6. The summed E-state index contributed by atoms with van der Waals surface area (Å²) < 4.78 is 13.9. The Balaban J connectivity index is 1.69. The third-order valence-corrected chi connectivity index (χ3v) is 5.05. The summed E-state index contributed by atoms with van der Waals surface area (Å²) >= 11 is 0. The SMILES string of the molecule is O=C(O)c1ccc(CN(CCc2ccccc2F)C2CCCC2)cc1. The van der Waals surface area contributed by atoms with E-state index in [0.29, 0.717) is 18.0 Å². The maximum atomic E-state index is 13.9. The zero-order chi connectivity index (χ0) is 17.6. The van der Waals surface area contributed by atoms with Gasteiger partial charge in [0.25, 0.3) is 0 Å². The second-order valence-corrected chi connectivity index (χ2v) is 6.75. The number of carboxylic acids is 1. The molecule has 3 rings (SSSR count). The minimum Gasteiger partial charge on any atom is -0.478 e. The molecule has 0 saturated heterocycles. The van der Waals surface area contributed by atoms with Gasteiger partial charge in [-0.05, 0) is 48.6 Å². The molecule has 1 aliphatic carbocycles. The van der Waals surface area contributed by atoms with E-state index in [-0.39, 0.29) is 5.82 Å². The Morgan fingerprint density at radius 3 is 2.40 bits per heavy atom. The molecular weight excluding hydrogens is 317 g/mol. The molecule has 25 heavy (non-hydrogen) atoms. The molecule has 0 unspecified atom stereocenters. The summed E-state index contributed by atoms with van der Waals surface area (Å²) in [5, 5.41) is 9.02. The summed E-state index contributed by atoms with van der Waals surface area (Å²) in [4.78, 5) is 13.4. The third kappa shape index (κ3) is 4.67. The molecule has 1 N–H and O–H groups in total. The fourth-order valence-electron chi connectivity index (χ4n) is 3.61. The minimum absolute atomic E-state index is 0.139. The number of halogens is 1.